The summed E-state index contributed by atoms with van der Waals surface area (Å²) in [6.45, 7) is 2.57. The fourth-order valence-electron chi connectivity index (χ4n) is 2.34. The van der Waals surface area contributed by atoms with Crippen molar-refractivity contribution >= 4 is 31.2 Å². The molecule has 7 nitrogen and oxygen atoms in total. The fourth-order valence-corrected chi connectivity index (χ4v) is 6.01. The quantitative estimate of drug-likeness (QED) is 0.613. The van der Waals surface area contributed by atoms with Gasteiger partial charge in [0.25, 0.3) is 0 Å². The summed E-state index contributed by atoms with van der Waals surface area (Å²) in [5, 5.41) is 17.6. The van der Waals surface area contributed by atoms with Crippen LogP contribution in [0.25, 0.3) is 0 Å². The lowest BCUT2D eigenvalue weighted by Crippen LogP contribution is -2.23. The molecule has 2 rings (SSSR count). The minimum absolute atomic E-state index is 0.0162. The molecular weight excluding hydrogens is 384 g/mol. The molecule has 0 saturated carbocycles. The van der Waals surface area contributed by atoms with Crippen molar-refractivity contribution in [2.75, 3.05) is 12.3 Å². The van der Waals surface area contributed by atoms with Gasteiger partial charge in [0.15, 0.2) is 9.84 Å². The van der Waals surface area contributed by atoms with Gasteiger partial charge in [-0.15, -0.1) is 11.3 Å². The zero-order valence-electron chi connectivity index (χ0n) is 13.5. The number of nitrogens with one attached hydrogen (secondary N) is 1. The van der Waals surface area contributed by atoms with E-state index in [-0.39, 0.29) is 26.0 Å². The minimum atomic E-state index is -3.91. The maximum absolute atomic E-state index is 12.5. The summed E-state index contributed by atoms with van der Waals surface area (Å²) in [6.07, 6.45) is 0.309. The van der Waals surface area contributed by atoms with Gasteiger partial charge in [-0.25, -0.2) is 22.0 Å². The molecule has 1 aromatic heterocycles. The van der Waals surface area contributed by atoms with Crippen LogP contribution in [0, 0.1) is 0 Å². The molecule has 0 bridgehead atoms. The van der Waals surface area contributed by atoms with Gasteiger partial charge in [-0.1, -0.05) is 19.1 Å². The Morgan fingerprint density at radius 1 is 1.08 bits per heavy atom. The van der Waals surface area contributed by atoms with E-state index in [4.69, 9.17) is 5.14 Å². The summed E-state index contributed by atoms with van der Waals surface area (Å²) >= 11 is 0.655. The number of phenols is 1. The molecule has 0 aliphatic rings. The molecule has 0 amide bonds. The van der Waals surface area contributed by atoms with Crippen LogP contribution in [0.15, 0.2) is 44.8 Å². The molecule has 0 aliphatic heterocycles. The average Bonchev–Trinajstić information content (AvgIpc) is 3.03. The zero-order valence-corrected chi connectivity index (χ0v) is 16.0. The lowest BCUT2D eigenvalue weighted by atomic mass is 10.0. The summed E-state index contributed by atoms with van der Waals surface area (Å²) in [4.78, 5) is 0. The van der Waals surface area contributed by atoms with E-state index in [0.29, 0.717) is 24.3 Å². The smallest absolute Gasteiger partial charge is 0.247 e. The third-order valence-corrected chi connectivity index (χ3v) is 8.42. The van der Waals surface area contributed by atoms with E-state index in [1.807, 2.05) is 6.92 Å². The number of rotatable bonds is 8. The Hall–Kier alpha value is -1.46. The number of thiophene rings is 1. The van der Waals surface area contributed by atoms with Crippen molar-refractivity contribution in [2.45, 2.75) is 27.8 Å². The molecule has 0 radical (unpaired) electrons. The van der Waals surface area contributed by atoms with Gasteiger partial charge in [0.2, 0.25) is 10.0 Å². The maximum Gasteiger partial charge on any atom is 0.247 e. The van der Waals surface area contributed by atoms with Crippen LogP contribution in [0.4, 0.5) is 0 Å². The molecule has 1 aromatic carbocycles. The second-order valence-electron chi connectivity index (χ2n) is 5.43. The topological polar surface area (TPSA) is 127 Å². The first kappa shape index (κ1) is 19.9. The van der Waals surface area contributed by atoms with E-state index < -0.39 is 19.9 Å². The van der Waals surface area contributed by atoms with Gasteiger partial charge in [0, 0.05) is 6.04 Å². The normalized spacial score (nSPS) is 13.7. The minimum Gasteiger partial charge on any atom is -0.508 e. The standard InChI is InChI=1S/C15H20N2O5S3/c1-2-17-13(11-3-5-12(18)6-4-11)9-10-24(19,20)14-7-8-15(23-14)25(16,21)22/h3-8,13,17-18H,2,9-10H2,1H3,(H2,16,21,22). The number of hydrogen-bond donors (Lipinski definition) is 3. The maximum atomic E-state index is 12.5. The SMILES string of the molecule is CCNC(CCS(=O)(=O)c1ccc(S(N)(=O)=O)s1)c1ccc(O)cc1. The van der Waals surface area contributed by atoms with Crippen molar-refractivity contribution in [2.24, 2.45) is 5.14 Å². The molecule has 2 aromatic rings. The van der Waals surface area contributed by atoms with E-state index >= 15 is 0 Å². The van der Waals surface area contributed by atoms with Crippen LogP contribution in [-0.2, 0) is 19.9 Å². The van der Waals surface area contributed by atoms with Crippen LogP contribution in [0.5, 0.6) is 5.75 Å². The van der Waals surface area contributed by atoms with Crippen LogP contribution >= 0.6 is 11.3 Å². The highest BCUT2D eigenvalue weighted by Crippen LogP contribution is 2.27. The molecule has 0 aliphatic carbocycles. The number of benzene rings is 1. The van der Waals surface area contributed by atoms with Crippen LogP contribution in [0.1, 0.15) is 24.9 Å². The van der Waals surface area contributed by atoms with Gasteiger partial charge in [-0.3, -0.25) is 0 Å². The van der Waals surface area contributed by atoms with Crippen LogP contribution in [0.3, 0.4) is 0 Å². The van der Waals surface area contributed by atoms with E-state index in [1.165, 1.54) is 12.1 Å². The molecule has 138 valence electrons. The lowest BCUT2D eigenvalue weighted by Gasteiger charge is -2.18. The monoisotopic (exact) mass is 404 g/mol. The van der Waals surface area contributed by atoms with Gasteiger partial charge >= 0.3 is 0 Å². The van der Waals surface area contributed by atoms with Crippen molar-refractivity contribution in [1.29, 1.82) is 0 Å². The molecule has 10 heteroatoms. The summed E-state index contributed by atoms with van der Waals surface area (Å²) in [7, 11) is -7.53. The summed E-state index contributed by atoms with van der Waals surface area (Å²) in [6, 6.07) is 8.84. The molecule has 25 heavy (non-hydrogen) atoms. The summed E-state index contributed by atoms with van der Waals surface area (Å²) in [5.41, 5.74) is 0.867. The predicted octanol–water partition coefficient (Wildman–Crippen LogP) is 1.62. The summed E-state index contributed by atoms with van der Waals surface area (Å²) < 4.78 is 47.4. The first-order valence-corrected chi connectivity index (χ1v) is 11.5. The van der Waals surface area contributed by atoms with E-state index in [1.54, 1.807) is 24.3 Å². The average molecular weight is 405 g/mol. The lowest BCUT2D eigenvalue weighted by molar-refractivity contribution is 0.473. The van der Waals surface area contributed by atoms with Crippen molar-refractivity contribution in [1.82, 2.24) is 5.32 Å². The molecule has 1 unspecified atom stereocenters. The number of primary sulfonamides is 1. The molecule has 1 atom stereocenters. The Labute approximate surface area is 151 Å². The van der Waals surface area contributed by atoms with Crippen LogP contribution in [0.2, 0.25) is 0 Å². The highest BCUT2D eigenvalue weighted by atomic mass is 32.3. The number of hydrogen-bond acceptors (Lipinski definition) is 7. The highest BCUT2D eigenvalue weighted by molar-refractivity contribution is 7.95. The van der Waals surface area contributed by atoms with Gasteiger partial charge in [-0.2, -0.15) is 0 Å². The second kappa shape index (κ2) is 7.83. The molecule has 0 spiro atoms. The third kappa shape index (κ3) is 5.25. The Kier molecular flexibility index (Phi) is 6.22. The Balaban J connectivity index is 2.15. The van der Waals surface area contributed by atoms with Gasteiger partial charge in [0.05, 0.1) is 5.75 Å². The van der Waals surface area contributed by atoms with Gasteiger partial charge in [-0.05, 0) is 42.8 Å². The number of sulfonamides is 1. The number of sulfone groups is 1. The molecular formula is C15H20N2O5S3. The van der Waals surface area contributed by atoms with E-state index in [0.717, 1.165) is 5.56 Å². The Morgan fingerprint density at radius 3 is 2.20 bits per heavy atom. The zero-order chi connectivity index (χ0) is 18.7. The first-order valence-electron chi connectivity index (χ1n) is 7.51. The molecule has 0 saturated heterocycles. The number of phenolic OH excluding ortho intramolecular Hbond substituents is 1. The largest absolute Gasteiger partial charge is 0.508 e. The van der Waals surface area contributed by atoms with Crippen molar-refractivity contribution < 1.29 is 21.9 Å². The van der Waals surface area contributed by atoms with Crippen molar-refractivity contribution in [3.05, 3.63) is 42.0 Å². The van der Waals surface area contributed by atoms with Crippen LogP contribution in [-0.4, -0.2) is 34.2 Å². The highest BCUT2D eigenvalue weighted by Gasteiger charge is 2.22. The molecule has 4 N–H and O–H groups in total. The predicted molar refractivity (Wildman–Crippen MR) is 96.9 cm³/mol. The Morgan fingerprint density at radius 2 is 1.68 bits per heavy atom. The number of aromatic hydroxyl groups is 1. The van der Waals surface area contributed by atoms with Crippen molar-refractivity contribution in [3.63, 3.8) is 0 Å². The molecule has 0 fully saturated rings. The van der Waals surface area contributed by atoms with Crippen molar-refractivity contribution in [3.8, 4) is 5.75 Å². The Bertz CT molecular complexity index is 918. The van der Waals surface area contributed by atoms with E-state index in [9.17, 15) is 21.9 Å². The fraction of sp³-hybridized carbons (Fsp3) is 0.333. The van der Waals surface area contributed by atoms with Gasteiger partial charge in [0.1, 0.15) is 14.2 Å². The third-order valence-electron chi connectivity index (χ3n) is 3.56. The molecule has 1 heterocycles. The second-order valence-corrected chi connectivity index (χ2v) is 10.6. The van der Waals surface area contributed by atoms with Gasteiger partial charge < -0.3 is 10.4 Å². The van der Waals surface area contributed by atoms with Crippen LogP contribution < -0.4 is 10.5 Å². The van der Waals surface area contributed by atoms with E-state index in [2.05, 4.69) is 5.32 Å². The first-order chi connectivity index (χ1) is 11.6. The number of nitrogens with two attached hydrogens (primary N) is 1. The summed E-state index contributed by atoms with van der Waals surface area (Å²) in [5.74, 6) is -0.00318.